The van der Waals surface area contributed by atoms with Crippen LogP contribution in [0.3, 0.4) is 0 Å². The van der Waals surface area contributed by atoms with E-state index >= 15 is 0 Å². The maximum atomic E-state index is 6.40. The molecule has 0 N–H and O–H groups in total. The van der Waals surface area contributed by atoms with Gasteiger partial charge in [-0.25, -0.2) is 0 Å². The highest BCUT2D eigenvalue weighted by molar-refractivity contribution is 5.23. The van der Waals surface area contributed by atoms with Crippen LogP contribution in [-0.4, -0.2) is 63.2 Å². The molecule has 0 saturated carbocycles. The van der Waals surface area contributed by atoms with E-state index in [-0.39, 0.29) is 11.7 Å². The average Bonchev–Trinajstić information content (AvgIpc) is 3.21. The molecule has 3 heterocycles. The topological polar surface area (TPSA) is 30.9 Å². The van der Waals surface area contributed by atoms with E-state index in [4.69, 9.17) is 14.2 Å². The fourth-order valence-electron chi connectivity index (χ4n) is 4.74. The van der Waals surface area contributed by atoms with Gasteiger partial charge in [-0.05, 0) is 30.7 Å². The predicted octanol–water partition coefficient (Wildman–Crippen LogP) is 2.69. The Balaban J connectivity index is 1.42. The first-order chi connectivity index (χ1) is 11.8. The molecule has 3 aliphatic heterocycles. The first-order valence-electron chi connectivity index (χ1n) is 9.31. The van der Waals surface area contributed by atoms with E-state index in [2.05, 4.69) is 35.2 Å². The van der Waals surface area contributed by atoms with E-state index in [1.165, 1.54) is 18.4 Å². The highest BCUT2D eigenvalue weighted by atomic mass is 16.6. The van der Waals surface area contributed by atoms with Crippen molar-refractivity contribution in [2.75, 3.05) is 46.6 Å². The molecule has 1 aromatic carbocycles. The lowest BCUT2D eigenvalue weighted by Gasteiger charge is -2.29. The summed E-state index contributed by atoms with van der Waals surface area (Å²) in [6, 6.07) is 10.8. The van der Waals surface area contributed by atoms with Gasteiger partial charge in [-0.2, -0.15) is 0 Å². The molecule has 4 heteroatoms. The Labute approximate surface area is 145 Å². The van der Waals surface area contributed by atoms with Crippen LogP contribution in [0.4, 0.5) is 0 Å². The van der Waals surface area contributed by atoms with Crippen molar-refractivity contribution in [3.05, 3.63) is 35.9 Å². The summed E-state index contributed by atoms with van der Waals surface area (Å²) >= 11 is 0. The average molecular weight is 331 g/mol. The Morgan fingerprint density at radius 3 is 2.75 bits per heavy atom. The SMILES string of the molecule is CO[C@@H]1CN(CC2CCOCC2)C[C@]12C[C@@H](c1ccccc1)CO2. The van der Waals surface area contributed by atoms with Crippen LogP contribution in [0, 0.1) is 5.92 Å². The van der Waals surface area contributed by atoms with Crippen molar-refractivity contribution in [1.82, 2.24) is 4.90 Å². The Morgan fingerprint density at radius 1 is 1.21 bits per heavy atom. The van der Waals surface area contributed by atoms with E-state index in [1.54, 1.807) is 0 Å². The second-order valence-corrected chi connectivity index (χ2v) is 7.66. The summed E-state index contributed by atoms with van der Waals surface area (Å²) in [5.74, 6) is 1.25. The predicted molar refractivity (Wildman–Crippen MR) is 93.3 cm³/mol. The largest absolute Gasteiger partial charge is 0.381 e. The van der Waals surface area contributed by atoms with Crippen LogP contribution < -0.4 is 0 Å². The summed E-state index contributed by atoms with van der Waals surface area (Å²) in [7, 11) is 1.84. The number of rotatable bonds is 4. The van der Waals surface area contributed by atoms with Crippen LogP contribution in [0.2, 0.25) is 0 Å². The molecule has 0 radical (unpaired) electrons. The van der Waals surface area contributed by atoms with Gasteiger partial charge in [-0.3, -0.25) is 4.90 Å². The first-order valence-corrected chi connectivity index (χ1v) is 9.31. The van der Waals surface area contributed by atoms with Gasteiger partial charge in [0.1, 0.15) is 5.60 Å². The van der Waals surface area contributed by atoms with Gasteiger partial charge in [0, 0.05) is 45.9 Å². The van der Waals surface area contributed by atoms with Crippen LogP contribution in [-0.2, 0) is 14.2 Å². The third-order valence-electron chi connectivity index (χ3n) is 6.08. The van der Waals surface area contributed by atoms with Crippen molar-refractivity contribution in [2.24, 2.45) is 5.92 Å². The number of nitrogens with zero attached hydrogens (tertiary/aromatic N) is 1. The molecule has 4 nitrogen and oxygen atoms in total. The number of benzene rings is 1. The number of ether oxygens (including phenoxy) is 3. The van der Waals surface area contributed by atoms with Crippen molar-refractivity contribution in [3.63, 3.8) is 0 Å². The minimum atomic E-state index is -0.125. The zero-order valence-electron chi connectivity index (χ0n) is 14.7. The zero-order chi connectivity index (χ0) is 16.4. The molecule has 0 amide bonds. The molecule has 0 aromatic heterocycles. The van der Waals surface area contributed by atoms with E-state index in [9.17, 15) is 0 Å². The van der Waals surface area contributed by atoms with Gasteiger partial charge in [-0.1, -0.05) is 30.3 Å². The molecule has 0 aliphatic carbocycles. The number of hydrogen-bond donors (Lipinski definition) is 0. The molecule has 1 spiro atoms. The van der Waals surface area contributed by atoms with Gasteiger partial charge in [0.15, 0.2) is 0 Å². The first kappa shape index (κ1) is 16.5. The highest BCUT2D eigenvalue weighted by Crippen LogP contribution is 2.43. The Kier molecular flexibility index (Phi) is 4.90. The molecule has 24 heavy (non-hydrogen) atoms. The summed E-state index contributed by atoms with van der Waals surface area (Å²) in [5.41, 5.74) is 1.27. The van der Waals surface area contributed by atoms with Crippen molar-refractivity contribution in [3.8, 4) is 0 Å². The fourth-order valence-corrected chi connectivity index (χ4v) is 4.74. The normalized spacial score (nSPS) is 35.0. The molecule has 4 rings (SSSR count). The fraction of sp³-hybridized carbons (Fsp3) is 0.700. The second-order valence-electron chi connectivity index (χ2n) is 7.66. The summed E-state index contributed by atoms with van der Waals surface area (Å²) in [6.07, 6.45) is 3.63. The minimum Gasteiger partial charge on any atom is -0.381 e. The molecule has 1 aromatic rings. The van der Waals surface area contributed by atoms with Crippen LogP contribution in [0.5, 0.6) is 0 Å². The lowest BCUT2D eigenvalue weighted by Crippen LogP contribution is -2.42. The molecule has 0 unspecified atom stereocenters. The van der Waals surface area contributed by atoms with E-state index < -0.39 is 0 Å². The van der Waals surface area contributed by atoms with Crippen LogP contribution >= 0.6 is 0 Å². The summed E-state index contributed by atoms with van der Waals surface area (Å²) in [5, 5.41) is 0. The van der Waals surface area contributed by atoms with Gasteiger partial charge in [0.25, 0.3) is 0 Å². The van der Waals surface area contributed by atoms with Crippen LogP contribution in [0.15, 0.2) is 30.3 Å². The quantitative estimate of drug-likeness (QED) is 0.849. The molecular formula is C20H29NO3. The second kappa shape index (κ2) is 7.12. The smallest absolute Gasteiger partial charge is 0.109 e. The van der Waals surface area contributed by atoms with Gasteiger partial charge >= 0.3 is 0 Å². The van der Waals surface area contributed by atoms with Crippen molar-refractivity contribution in [1.29, 1.82) is 0 Å². The molecular weight excluding hydrogens is 302 g/mol. The lowest BCUT2D eigenvalue weighted by molar-refractivity contribution is -0.0757. The molecule has 3 saturated heterocycles. The lowest BCUT2D eigenvalue weighted by atomic mass is 9.87. The Morgan fingerprint density at radius 2 is 2.00 bits per heavy atom. The van der Waals surface area contributed by atoms with E-state index in [0.717, 1.165) is 51.8 Å². The zero-order valence-corrected chi connectivity index (χ0v) is 14.7. The summed E-state index contributed by atoms with van der Waals surface area (Å²) in [6.45, 7) is 5.81. The van der Waals surface area contributed by atoms with Crippen molar-refractivity contribution < 1.29 is 14.2 Å². The third-order valence-corrected chi connectivity index (χ3v) is 6.08. The number of hydrogen-bond acceptors (Lipinski definition) is 4. The van der Waals surface area contributed by atoms with Crippen molar-refractivity contribution >= 4 is 0 Å². The minimum absolute atomic E-state index is 0.125. The summed E-state index contributed by atoms with van der Waals surface area (Å²) in [4.78, 5) is 2.57. The number of likely N-dealkylation sites (tertiary alicyclic amines) is 1. The molecule has 3 fully saturated rings. The molecule has 0 bridgehead atoms. The van der Waals surface area contributed by atoms with Gasteiger partial charge < -0.3 is 14.2 Å². The Hall–Kier alpha value is -0.940. The maximum absolute atomic E-state index is 6.40. The third kappa shape index (κ3) is 3.25. The van der Waals surface area contributed by atoms with E-state index in [1.807, 2.05) is 7.11 Å². The van der Waals surface area contributed by atoms with Gasteiger partial charge in [0.2, 0.25) is 0 Å². The standard InChI is InChI=1S/C20H29NO3/c1-22-19-13-21(12-16-7-9-23-10-8-16)15-20(19)11-18(14-24-20)17-5-3-2-4-6-17/h2-6,16,18-19H,7-15H2,1H3/t18-,19-,20-/m1/s1. The Bertz CT molecular complexity index is 531. The summed E-state index contributed by atoms with van der Waals surface area (Å²) < 4.78 is 17.8. The highest BCUT2D eigenvalue weighted by Gasteiger charge is 2.53. The van der Waals surface area contributed by atoms with E-state index in [0.29, 0.717) is 5.92 Å². The van der Waals surface area contributed by atoms with Crippen molar-refractivity contribution in [2.45, 2.75) is 36.9 Å². The molecule has 132 valence electrons. The number of methoxy groups -OCH3 is 1. The van der Waals surface area contributed by atoms with Gasteiger partial charge in [0.05, 0.1) is 12.7 Å². The van der Waals surface area contributed by atoms with Gasteiger partial charge in [-0.15, -0.1) is 0 Å². The molecule has 3 atom stereocenters. The monoisotopic (exact) mass is 331 g/mol. The maximum Gasteiger partial charge on any atom is 0.109 e. The van der Waals surface area contributed by atoms with Crippen LogP contribution in [0.1, 0.15) is 30.7 Å². The molecule has 3 aliphatic rings. The van der Waals surface area contributed by atoms with Crippen LogP contribution in [0.25, 0.3) is 0 Å².